The van der Waals surface area contributed by atoms with Gasteiger partial charge in [-0.2, -0.15) is 0 Å². The van der Waals surface area contributed by atoms with Crippen molar-refractivity contribution in [2.45, 2.75) is 13.0 Å². The molecule has 1 aromatic rings. The fourth-order valence-corrected chi connectivity index (χ4v) is 0.205. The predicted molar refractivity (Wildman–Crippen MR) is 39.1 cm³/mol. The SMILES string of the molecule is CC(O)C(=O)O.c1cnnnc1. The number of hydrogen-bond donors (Lipinski definition) is 2. The van der Waals surface area contributed by atoms with Gasteiger partial charge in [0.15, 0.2) is 0 Å². The van der Waals surface area contributed by atoms with E-state index in [1.54, 1.807) is 18.5 Å². The fourth-order valence-electron chi connectivity index (χ4n) is 0.205. The molecule has 0 aliphatic heterocycles. The lowest BCUT2D eigenvalue weighted by molar-refractivity contribution is -0.145. The summed E-state index contributed by atoms with van der Waals surface area (Å²) in [7, 11) is 0. The Labute approximate surface area is 68.9 Å². The van der Waals surface area contributed by atoms with Gasteiger partial charge >= 0.3 is 5.97 Å². The van der Waals surface area contributed by atoms with Crippen LogP contribution < -0.4 is 0 Å². The maximum Gasteiger partial charge on any atom is 0.332 e. The van der Waals surface area contributed by atoms with E-state index in [0.717, 1.165) is 0 Å². The molecule has 0 spiro atoms. The zero-order valence-corrected chi connectivity index (χ0v) is 6.45. The summed E-state index contributed by atoms with van der Waals surface area (Å²) in [6.07, 6.45) is 1.92. The molecule has 66 valence electrons. The van der Waals surface area contributed by atoms with E-state index in [9.17, 15) is 4.79 Å². The van der Waals surface area contributed by atoms with E-state index >= 15 is 0 Å². The second-order valence-corrected chi connectivity index (χ2v) is 1.83. The molecule has 0 saturated carbocycles. The Morgan fingerprint density at radius 3 is 1.92 bits per heavy atom. The number of aliphatic hydroxyl groups excluding tert-OH is 1. The molecule has 1 unspecified atom stereocenters. The molecular formula is C6H9N3O3. The first-order valence-corrected chi connectivity index (χ1v) is 3.14. The maximum atomic E-state index is 9.45. The standard InChI is InChI=1S/C3H3N3.C3H6O3/c1-2-4-6-5-3-1;1-2(4)3(5)6/h1-3H;2,4H,1H3,(H,5,6). The molecule has 0 saturated heterocycles. The third-order valence-corrected chi connectivity index (χ3v) is 0.766. The highest BCUT2D eigenvalue weighted by molar-refractivity contribution is 5.71. The first-order chi connectivity index (χ1) is 5.64. The average molecular weight is 171 g/mol. The predicted octanol–water partition coefficient (Wildman–Crippen LogP) is -0.677. The van der Waals surface area contributed by atoms with Gasteiger partial charge in [-0.3, -0.25) is 0 Å². The quantitative estimate of drug-likeness (QED) is 0.581. The monoisotopic (exact) mass is 171 g/mol. The molecule has 0 aliphatic carbocycles. The number of carboxylic acids is 1. The van der Waals surface area contributed by atoms with Crippen LogP contribution >= 0.6 is 0 Å². The van der Waals surface area contributed by atoms with Crippen LogP contribution in [0.25, 0.3) is 0 Å². The second kappa shape index (κ2) is 6.17. The molecule has 6 heteroatoms. The topological polar surface area (TPSA) is 96.2 Å². The van der Waals surface area contributed by atoms with Gasteiger partial charge in [0, 0.05) is 0 Å². The van der Waals surface area contributed by atoms with Gasteiger partial charge in [0.25, 0.3) is 0 Å². The zero-order chi connectivity index (χ0) is 9.40. The lowest BCUT2D eigenvalue weighted by atomic mass is 10.4. The van der Waals surface area contributed by atoms with Crippen molar-refractivity contribution in [3.05, 3.63) is 18.5 Å². The van der Waals surface area contributed by atoms with E-state index in [1.165, 1.54) is 6.92 Å². The molecule has 12 heavy (non-hydrogen) atoms. The van der Waals surface area contributed by atoms with Crippen LogP contribution in [0.1, 0.15) is 6.92 Å². The summed E-state index contributed by atoms with van der Waals surface area (Å²) in [6, 6.07) is 1.72. The highest BCUT2D eigenvalue weighted by Crippen LogP contribution is 1.73. The van der Waals surface area contributed by atoms with Gasteiger partial charge in [-0.15, -0.1) is 10.2 Å². The summed E-state index contributed by atoms with van der Waals surface area (Å²) in [6.45, 7) is 1.20. The Morgan fingerprint density at radius 1 is 1.42 bits per heavy atom. The third-order valence-electron chi connectivity index (χ3n) is 0.766. The summed E-state index contributed by atoms with van der Waals surface area (Å²) in [5, 5.41) is 25.9. The summed E-state index contributed by atoms with van der Waals surface area (Å²) in [5.74, 6) is -1.19. The minimum Gasteiger partial charge on any atom is -0.479 e. The number of aliphatic carboxylic acids is 1. The van der Waals surface area contributed by atoms with Crippen molar-refractivity contribution in [2.75, 3.05) is 0 Å². The molecule has 0 aliphatic rings. The molecule has 2 N–H and O–H groups in total. The van der Waals surface area contributed by atoms with Gasteiger partial charge in [0.05, 0.1) is 12.4 Å². The van der Waals surface area contributed by atoms with Crippen molar-refractivity contribution < 1.29 is 15.0 Å². The minimum absolute atomic E-state index is 1.19. The van der Waals surface area contributed by atoms with Crippen LogP contribution in [-0.2, 0) is 4.79 Å². The van der Waals surface area contributed by atoms with Crippen LogP contribution in [0.2, 0.25) is 0 Å². The highest BCUT2D eigenvalue weighted by Gasteiger charge is 2.01. The molecule has 0 aromatic carbocycles. The molecule has 0 bridgehead atoms. The number of carboxylic acid groups (broad SMARTS) is 1. The summed E-state index contributed by atoms with van der Waals surface area (Å²) in [4.78, 5) is 9.45. The zero-order valence-electron chi connectivity index (χ0n) is 6.45. The summed E-state index contributed by atoms with van der Waals surface area (Å²) < 4.78 is 0. The van der Waals surface area contributed by atoms with Gasteiger partial charge in [0.2, 0.25) is 0 Å². The van der Waals surface area contributed by atoms with Gasteiger partial charge in [0.1, 0.15) is 6.10 Å². The Hall–Kier alpha value is -1.56. The first kappa shape index (κ1) is 10.4. The number of nitrogens with zero attached hydrogens (tertiary/aromatic N) is 3. The van der Waals surface area contributed by atoms with Gasteiger partial charge in [-0.25, -0.2) is 4.79 Å². The van der Waals surface area contributed by atoms with E-state index in [1.807, 2.05) is 0 Å². The van der Waals surface area contributed by atoms with Crippen LogP contribution in [0.5, 0.6) is 0 Å². The first-order valence-electron chi connectivity index (χ1n) is 3.14. The number of aromatic nitrogens is 3. The van der Waals surface area contributed by atoms with Crippen molar-refractivity contribution in [2.24, 2.45) is 0 Å². The van der Waals surface area contributed by atoms with E-state index in [-0.39, 0.29) is 0 Å². The lowest BCUT2D eigenvalue weighted by Gasteiger charge is -1.89. The van der Waals surface area contributed by atoms with Gasteiger partial charge in [-0.05, 0) is 18.2 Å². The Bertz CT molecular complexity index is 188. The van der Waals surface area contributed by atoms with Crippen molar-refractivity contribution in [1.82, 2.24) is 15.4 Å². The van der Waals surface area contributed by atoms with Crippen LogP contribution in [0.4, 0.5) is 0 Å². The summed E-state index contributed by atoms with van der Waals surface area (Å²) in [5.41, 5.74) is 0. The highest BCUT2D eigenvalue weighted by atomic mass is 16.4. The molecule has 1 heterocycles. The normalized spacial score (nSPS) is 10.8. The molecule has 1 aromatic heterocycles. The van der Waals surface area contributed by atoms with E-state index in [2.05, 4.69) is 15.4 Å². The Balaban J connectivity index is 0.000000202. The fraction of sp³-hybridized carbons (Fsp3) is 0.333. The number of hydrogen-bond acceptors (Lipinski definition) is 5. The van der Waals surface area contributed by atoms with Gasteiger partial charge in [-0.1, -0.05) is 0 Å². The molecule has 1 rings (SSSR count). The Kier molecular flexibility index (Phi) is 5.37. The van der Waals surface area contributed by atoms with Crippen molar-refractivity contribution in [1.29, 1.82) is 0 Å². The lowest BCUT2D eigenvalue weighted by Crippen LogP contribution is -2.13. The van der Waals surface area contributed by atoms with Gasteiger partial charge < -0.3 is 10.2 Å². The van der Waals surface area contributed by atoms with Crippen LogP contribution in [0.15, 0.2) is 18.5 Å². The molecule has 0 amide bonds. The minimum atomic E-state index is -1.23. The van der Waals surface area contributed by atoms with Crippen molar-refractivity contribution >= 4 is 5.97 Å². The summed E-state index contributed by atoms with van der Waals surface area (Å²) >= 11 is 0. The van der Waals surface area contributed by atoms with Crippen molar-refractivity contribution in [3.63, 3.8) is 0 Å². The Morgan fingerprint density at radius 2 is 1.83 bits per heavy atom. The molecule has 0 radical (unpaired) electrons. The van der Waals surface area contributed by atoms with Crippen LogP contribution in [0.3, 0.4) is 0 Å². The van der Waals surface area contributed by atoms with Crippen molar-refractivity contribution in [3.8, 4) is 0 Å². The second-order valence-electron chi connectivity index (χ2n) is 1.83. The average Bonchev–Trinajstić information content (AvgIpc) is 2.08. The number of aliphatic hydroxyl groups is 1. The molecule has 6 nitrogen and oxygen atoms in total. The third kappa shape index (κ3) is 6.56. The van der Waals surface area contributed by atoms with E-state index in [4.69, 9.17) is 10.2 Å². The van der Waals surface area contributed by atoms with Crippen LogP contribution in [-0.4, -0.2) is 37.7 Å². The van der Waals surface area contributed by atoms with Crippen LogP contribution in [0, 0.1) is 0 Å². The van der Waals surface area contributed by atoms with E-state index < -0.39 is 12.1 Å². The number of rotatable bonds is 1. The maximum absolute atomic E-state index is 9.45. The smallest absolute Gasteiger partial charge is 0.332 e. The molecular weight excluding hydrogens is 162 g/mol. The largest absolute Gasteiger partial charge is 0.479 e. The van der Waals surface area contributed by atoms with E-state index in [0.29, 0.717) is 0 Å². The number of carbonyl (C=O) groups is 1. The molecule has 1 atom stereocenters. The molecule has 0 fully saturated rings.